The van der Waals surface area contributed by atoms with Crippen molar-refractivity contribution in [3.8, 4) is 5.75 Å². The zero-order valence-electron chi connectivity index (χ0n) is 19.8. The summed E-state index contributed by atoms with van der Waals surface area (Å²) in [5.74, 6) is 0.750. The number of sulfonamides is 1. The molecule has 0 N–H and O–H groups in total. The maximum atomic E-state index is 13.4. The molecule has 8 nitrogen and oxygen atoms in total. The van der Waals surface area contributed by atoms with Gasteiger partial charge in [0.25, 0.3) is 0 Å². The van der Waals surface area contributed by atoms with Crippen molar-refractivity contribution in [1.82, 2.24) is 19.1 Å². The van der Waals surface area contributed by atoms with Gasteiger partial charge in [-0.15, -0.1) is 0 Å². The van der Waals surface area contributed by atoms with Crippen molar-refractivity contribution in [2.24, 2.45) is 0 Å². The summed E-state index contributed by atoms with van der Waals surface area (Å²) in [5.41, 5.74) is 2.46. The number of hydrogen-bond acceptors (Lipinski definition) is 6. The number of fused-ring (bicyclic) bond motifs is 1. The first-order valence-corrected chi connectivity index (χ1v) is 12.7. The largest absolute Gasteiger partial charge is 0.497 e. The van der Waals surface area contributed by atoms with E-state index in [0.717, 1.165) is 22.3 Å². The molecule has 0 atom stereocenters. The number of aromatic nitrogens is 1. The van der Waals surface area contributed by atoms with E-state index < -0.39 is 10.0 Å². The summed E-state index contributed by atoms with van der Waals surface area (Å²) in [7, 11) is -0.288. The van der Waals surface area contributed by atoms with E-state index in [0.29, 0.717) is 38.2 Å². The van der Waals surface area contributed by atoms with Crippen LogP contribution in [0.3, 0.4) is 0 Å². The summed E-state index contributed by atoms with van der Waals surface area (Å²) in [5, 5.41) is 0.810. The van der Waals surface area contributed by atoms with Gasteiger partial charge in [-0.2, -0.15) is 4.31 Å². The maximum absolute atomic E-state index is 13.4. The van der Waals surface area contributed by atoms with E-state index in [9.17, 15) is 13.2 Å². The second-order valence-corrected chi connectivity index (χ2v) is 10.5. The zero-order valence-corrected chi connectivity index (χ0v) is 20.6. The molecule has 1 aliphatic rings. The lowest BCUT2D eigenvalue weighted by atomic mass is 10.2. The van der Waals surface area contributed by atoms with Crippen LogP contribution in [0.5, 0.6) is 5.75 Å². The highest BCUT2D eigenvalue weighted by Crippen LogP contribution is 2.25. The molecule has 1 fully saturated rings. The molecule has 1 saturated heterocycles. The normalized spacial score (nSPS) is 15.4. The summed E-state index contributed by atoms with van der Waals surface area (Å²) in [6, 6.07) is 14.8. The van der Waals surface area contributed by atoms with Gasteiger partial charge in [0.1, 0.15) is 10.6 Å². The number of ether oxygens (including phenoxy) is 1. The highest BCUT2D eigenvalue weighted by molar-refractivity contribution is 7.89. The van der Waals surface area contributed by atoms with E-state index in [2.05, 4.69) is 4.98 Å². The molecule has 2 heterocycles. The first-order chi connectivity index (χ1) is 16.3. The maximum Gasteiger partial charge on any atom is 0.245 e. The van der Waals surface area contributed by atoms with Crippen molar-refractivity contribution in [3.05, 3.63) is 65.9 Å². The molecule has 34 heavy (non-hydrogen) atoms. The Morgan fingerprint density at radius 3 is 2.56 bits per heavy atom. The Hall–Kier alpha value is -3.01. The molecular formula is C25H30N4O4S. The standard InChI is InChI=1S/C25H30N4O4S/c1-19-14-21-7-5-9-23(25(21)26-16-19)34(31,32)29-12-10-28(11-13-29)18-24(30)27(2)17-20-6-4-8-22(15-20)33-3/h4-9,14-16H,10-13,17-18H2,1-3H3. The topological polar surface area (TPSA) is 83.0 Å². The lowest BCUT2D eigenvalue weighted by Crippen LogP contribution is -2.51. The van der Waals surface area contributed by atoms with Gasteiger partial charge in [0, 0.05) is 51.4 Å². The van der Waals surface area contributed by atoms with Crippen LogP contribution in [-0.2, 0) is 21.4 Å². The summed E-state index contributed by atoms with van der Waals surface area (Å²) >= 11 is 0. The van der Waals surface area contributed by atoms with E-state index in [-0.39, 0.29) is 17.3 Å². The zero-order chi connectivity index (χ0) is 24.3. The third kappa shape index (κ3) is 5.22. The number of nitrogens with zero attached hydrogens (tertiary/aromatic N) is 4. The summed E-state index contributed by atoms with van der Waals surface area (Å²) < 4.78 is 33.5. The predicted molar refractivity (Wildman–Crippen MR) is 131 cm³/mol. The first kappa shape index (κ1) is 24.1. The predicted octanol–water partition coefficient (Wildman–Crippen LogP) is 2.52. The minimum atomic E-state index is -3.68. The molecule has 1 aliphatic heterocycles. The van der Waals surface area contributed by atoms with Crippen molar-refractivity contribution in [3.63, 3.8) is 0 Å². The van der Waals surface area contributed by atoms with Crippen LogP contribution in [-0.4, -0.2) is 80.3 Å². The van der Waals surface area contributed by atoms with E-state index in [1.165, 1.54) is 4.31 Å². The van der Waals surface area contributed by atoms with Crippen LogP contribution in [0.15, 0.2) is 59.6 Å². The molecule has 0 aliphatic carbocycles. The van der Waals surface area contributed by atoms with Gasteiger partial charge in [-0.05, 0) is 42.3 Å². The lowest BCUT2D eigenvalue weighted by molar-refractivity contribution is -0.131. The van der Waals surface area contributed by atoms with Crippen molar-refractivity contribution in [1.29, 1.82) is 0 Å². The van der Waals surface area contributed by atoms with Crippen molar-refractivity contribution < 1.29 is 17.9 Å². The number of aryl methyl sites for hydroxylation is 1. The average molecular weight is 483 g/mol. The third-order valence-corrected chi connectivity index (χ3v) is 8.03. The fourth-order valence-electron chi connectivity index (χ4n) is 4.16. The third-order valence-electron chi connectivity index (χ3n) is 6.10. The number of carbonyl (C=O) groups is 1. The number of methoxy groups -OCH3 is 1. The molecular weight excluding hydrogens is 452 g/mol. The number of pyridine rings is 1. The van der Waals surface area contributed by atoms with E-state index >= 15 is 0 Å². The SMILES string of the molecule is COc1cccc(CN(C)C(=O)CN2CCN(S(=O)(=O)c3cccc4cc(C)cnc34)CC2)c1. The number of carbonyl (C=O) groups excluding carboxylic acids is 1. The molecule has 0 saturated carbocycles. The quantitative estimate of drug-likeness (QED) is 0.515. The van der Waals surface area contributed by atoms with Crippen molar-refractivity contribution >= 4 is 26.8 Å². The van der Waals surface area contributed by atoms with Gasteiger partial charge < -0.3 is 9.64 Å². The van der Waals surface area contributed by atoms with Crippen LogP contribution >= 0.6 is 0 Å². The number of para-hydroxylation sites is 1. The van der Waals surface area contributed by atoms with E-state index in [1.54, 1.807) is 37.4 Å². The van der Waals surface area contributed by atoms with Crippen molar-refractivity contribution in [2.75, 3.05) is 46.9 Å². The van der Waals surface area contributed by atoms with Crippen LogP contribution in [0.2, 0.25) is 0 Å². The Morgan fingerprint density at radius 1 is 1.09 bits per heavy atom. The number of likely N-dealkylation sites (N-methyl/N-ethyl adjacent to an activating group) is 1. The van der Waals surface area contributed by atoms with Gasteiger partial charge in [-0.1, -0.05) is 24.3 Å². The van der Waals surface area contributed by atoms with Crippen LogP contribution in [0.1, 0.15) is 11.1 Å². The molecule has 180 valence electrons. The highest BCUT2D eigenvalue weighted by atomic mass is 32.2. The number of piperazine rings is 1. The van der Waals surface area contributed by atoms with Gasteiger partial charge in [0.15, 0.2) is 0 Å². The van der Waals surface area contributed by atoms with Crippen LogP contribution in [0, 0.1) is 6.92 Å². The molecule has 0 radical (unpaired) electrons. The molecule has 1 aromatic heterocycles. The lowest BCUT2D eigenvalue weighted by Gasteiger charge is -2.34. The Bertz CT molecular complexity index is 1290. The summed E-state index contributed by atoms with van der Waals surface area (Å²) in [6.45, 7) is 4.32. The molecule has 0 spiro atoms. The molecule has 3 aromatic rings. The summed E-state index contributed by atoms with van der Waals surface area (Å²) in [6.07, 6.45) is 1.69. The number of hydrogen-bond donors (Lipinski definition) is 0. The van der Waals surface area contributed by atoms with Crippen LogP contribution in [0.4, 0.5) is 0 Å². The Morgan fingerprint density at radius 2 is 1.82 bits per heavy atom. The Kier molecular flexibility index (Phi) is 7.16. The number of benzene rings is 2. The van der Waals surface area contributed by atoms with Gasteiger partial charge >= 0.3 is 0 Å². The number of amides is 1. The monoisotopic (exact) mass is 482 g/mol. The highest BCUT2D eigenvalue weighted by Gasteiger charge is 2.31. The molecule has 0 bridgehead atoms. The van der Waals surface area contributed by atoms with Crippen LogP contribution in [0.25, 0.3) is 10.9 Å². The fourth-order valence-corrected chi connectivity index (χ4v) is 5.75. The van der Waals surface area contributed by atoms with E-state index in [4.69, 9.17) is 4.74 Å². The molecule has 0 unspecified atom stereocenters. The molecule has 1 amide bonds. The fraction of sp³-hybridized carbons (Fsp3) is 0.360. The number of rotatable bonds is 7. The second-order valence-electron chi connectivity index (χ2n) is 8.62. The van der Waals surface area contributed by atoms with Gasteiger partial charge in [-0.25, -0.2) is 8.42 Å². The Balaban J connectivity index is 1.37. The second kappa shape index (κ2) is 10.1. The average Bonchev–Trinajstić information content (AvgIpc) is 2.83. The minimum Gasteiger partial charge on any atom is -0.497 e. The van der Waals surface area contributed by atoms with Crippen molar-refractivity contribution in [2.45, 2.75) is 18.4 Å². The van der Waals surface area contributed by atoms with Crippen LogP contribution < -0.4 is 4.74 Å². The summed E-state index contributed by atoms with van der Waals surface area (Å²) in [4.78, 5) is 21.1. The molecule has 4 rings (SSSR count). The van der Waals surface area contributed by atoms with Gasteiger partial charge in [0.2, 0.25) is 15.9 Å². The van der Waals surface area contributed by atoms with E-state index in [1.807, 2.05) is 48.2 Å². The molecule has 2 aromatic carbocycles. The smallest absolute Gasteiger partial charge is 0.245 e. The van der Waals surface area contributed by atoms with Gasteiger partial charge in [-0.3, -0.25) is 14.7 Å². The first-order valence-electron chi connectivity index (χ1n) is 11.2. The Labute approximate surface area is 200 Å². The minimum absolute atomic E-state index is 0.00671. The molecule has 9 heteroatoms. The van der Waals surface area contributed by atoms with Gasteiger partial charge in [0.05, 0.1) is 19.2 Å².